The number of carbonyl (C=O) groups excluding carboxylic acids is 1. The molecule has 1 N–H and O–H groups in total. The summed E-state index contributed by atoms with van der Waals surface area (Å²) in [5.41, 5.74) is 0.744. The molecule has 0 saturated heterocycles. The highest BCUT2D eigenvalue weighted by molar-refractivity contribution is 6.03. The maximum absolute atomic E-state index is 13.3. The van der Waals surface area contributed by atoms with E-state index in [0.29, 0.717) is 0 Å². The zero-order valence-electron chi connectivity index (χ0n) is 12.8. The summed E-state index contributed by atoms with van der Waals surface area (Å²) in [7, 11) is 1.69. The van der Waals surface area contributed by atoms with E-state index in [1.54, 1.807) is 17.8 Å². The summed E-state index contributed by atoms with van der Waals surface area (Å²) in [6, 6.07) is 4.48. The fraction of sp³-hybridized carbons (Fsp3) is 0.333. The molecule has 0 aliphatic heterocycles. The van der Waals surface area contributed by atoms with Crippen LogP contribution in [-0.2, 0) is 7.05 Å². The zero-order chi connectivity index (χ0) is 17.1. The van der Waals surface area contributed by atoms with Crippen molar-refractivity contribution in [3.63, 3.8) is 0 Å². The van der Waals surface area contributed by atoms with Crippen molar-refractivity contribution in [3.05, 3.63) is 41.5 Å². The Bertz CT molecular complexity index is 714. The second kappa shape index (κ2) is 6.72. The van der Waals surface area contributed by atoms with Crippen LogP contribution < -0.4 is 10.1 Å². The lowest BCUT2D eigenvalue weighted by atomic mass is 10.1. The van der Waals surface area contributed by atoms with Gasteiger partial charge in [-0.15, -0.1) is 0 Å². The van der Waals surface area contributed by atoms with E-state index >= 15 is 0 Å². The Balaban J connectivity index is 2.26. The van der Waals surface area contributed by atoms with Gasteiger partial charge in [0, 0.05) is 18.8 Å². The minimum absolute atomic E-state index is 0.100. The van der Waals surface area contributed by atoms with Crippen LogP contribution >= 0.6 is 0 Å². The molecule has 1 aromatic heterocycles. The first kappa shape index (κ1) is 16.9. The van der Waals surface area contributed by atoms with E-state index in [4.69, 9.17) is 0 Å². The number of aryl methyl sites for hydroxylation is 1. The van der Waals surface area contributed by atoms with Gasteiger partial charge in [-0.1, -0.05) is 13.8 Å². The molecule has 1 amide bonds. The molecule has 0 radical (unpaired) electrons. The zero-order valence-corrected chi connectivity index (χ0v) is 12.8. The summed E-state index contributed by atoms with van der Waals surface area (Å²) in [6.45, 7) is 0.804. The Morgan fingerprint density at radius 2 is 2.00 bits per heavy atom. The van der Waals surface area contributed by atoms with Crippen molar-refractivity contribution < 1.29 is 22.7 Å². The molecule has 0 aliphatic carbocycles. The van der Waals surface area contributed by atoms with Gasteiger partial charge in [-0.05, 0) is 24.1 Å². The van der Waals surface area contributed by atoms with Crippen LogP contribution in [-0.4, -0.2) is 22.3 Å². The molecule has 23 heavy (non-hydrogen) atoms. The molecule has 2 rings (SSSR count). The van der Waals surface area contributed by atoms with Crippen molar-refractivity contribution in [2.75, 3.05) is 5.32 Å². The molecule has 0 aliphatic rings. The number of rotatable bonds is 5. The van der Waals surface area contributed by atoms with Crippen LogP contribution in [0.3, 0.4) is 0 Å². The summed E-state index contributed by atoms with van der Waals surface area (Å²) in [4.78, 5) is 12.2. The third kappa shape index (κ3) is 4.02. The van der Waals surface area contributed by atoms with Crippen LogP contribution in [0.2, 0.25) is 0 Å². The Labute approximate surface area is 131 Å². The third-order valence-corrected chi connectivity index (χ3v) is 3.15. The van der Waals surface area contributed by atoms with Crippen molar-refractivity contribution in [1.29, 1.82) is 0 Å². The van der Waals surface area contributed by atoms with Crippen LogP contribution in [0.5, 0.6) is 5.75 Å². The van der Waals surface area contributed by atoms with E-state index < -0.39 is 18.3 Å². The first-order valence-electron chi connectivity index (χ1n) is 6.87. The van der Waals surface area contributed by atoms with Crippen molar-refractivity contribution in [1.82, 2.24) is 9.78 Å². The van der Waals surface area contributed by atoms with Crippen LogP contribution in [0.15, 0.2) is 24.3 Å². The maximum Gasteiger partial charge on any atom is 0.387 e. The molecule has 1 heterocycles. The Hall–Kier alpha value is -2.51. The monoisotopic (exact) mass is 327 g/mol. The fourth-order valence-corrected chi connectivity index (χ4v) is 2.12. The lowest BCUT2D eigenvalue weighted by Gasteiger charge is -2.11. The Morgan fingerprint density at radius 3 is 2.57 bits per heavy atom. The molecule has 1 aromatic carbocycles. The maximum atomic E-state index is 13.3. The average molecular weight is 327 g/mol. The number of amides is 1. The number of hydrogen-bond acceptors (Lipinski definition) is 3. The number of nitrogens with zero attached hydrogens (tertiary/aromatic N) is 2. The quantitative estimate of drug-likeness (QED) is 0.914. The Morgan fingerprint density at radius 1 is 1.30 bits per heavy atom. The minimum atomic E-state index is -3.08. The van der Waals surface area contributed by atoms with Gasteiger partial charge in [-0.25, -0.2) is 4.39 Å². The lowest BCUT2D eigenvalue weighted by Crippen LogP contribution is -2.15. The van der Waals surface area contributed by atoms with Crippen LogP contribution in [0.25, 0.3) is 0 Å². The van der Waals surface area contributed by atoms with E-state index in [1.165, 1.54) is 0 Å². The molecular weight excluding hydrogens is 311 g/mol. The van der Waals surface area contributed by atoms with Gasteiger partial charge in [0.25, 0.3) is 5.91 Å². The van der Waals surface area contributed by atoms with Crippen LogP contribution in [0.1, 0.15) is 35.9 Å². The molecule has 0 atom stereocenters. The van der Waals surface area contributed by atoms with E-state index in [-0.39, 0.29) is 23.0 Å². The molecule has 0 spiro atoms. The highest BCUT2D eigenvalue weighted by Gasteiger charge is 2.18. The van der Waals surface area contributed by atoms with Gasteiger partial charge < -0.3 is 10.1 Å². The van der Waals surface area contributed by atoms with Gasteiger partial charge in [0.05, 0.1) is 5.69 Å². The molecule has 0 fully saturated rings. The molecule has 8 heteroatoms. The number of hydrogen-bond donors (Lipinski definition) is 1. The Kier molecular flexibility index (Phi) is 4.92. The largest absolute Gasteiger partial charge is 0.433 e. The molecule has 2 aromatic rings. The topological polar surface area (TPSA) is 56.1 Å². The first-order valence-corrected chi connectivity index (χ1v) is 6.87. The number of benzene rings is 1. The SMILES string of the molecule is CC(C)c1cc(C(=O)Nc2cc(F)ccc2OC(F)F)nn1C. The number of alkyl halides is 2. The predicted octanol–water partition coefficient (Wildman–Crippen LogP) is 3.54. The summed E-state index contributed by atoms with van der Waals surface area (Å²) in [6.07, 6.45) is 0. The molecular formula is C15H16F3N3O2. The van der Waals surface area contributed by atoms with Crippen molar-refractivity contribution in [2.45, 2.75) is 26.4 Å². The lowest BCUT2D eigenvalue weighted by molar-refractivity contribution is -0.0494. The molecule has 0 saturated carbocycles. The number of nitrogens with one attached hydrogen (secondary N) is 1. The summed E-state index contributed by atoms with van der Waals surface area (Å²) in [5.74, 6) is -1.50. The highest BCUT2D eigenvalue weighted by Crippen LogP contribution is 2.27. The van der Waals surface area contributed by atoms with Crippen molar-refractivity contribution in [2.24, 2.45) is 7.05 Å². The van der Waals surface area contributed by atoms with E-state index in [2.05, 4.69) is 15.2 Å². The molecule has 0 bridgehead atoms. The fourth-order valence-electron chi connectivity index (χ4n) is 2.12. The second-order valence-corrected chi connectivity index (χ2v) is 5.21. The summed E-state index contributed by atoms with van der Waals surface area (Å²) in [5, 5.41) is 6.40. The number of anilines is 1. The smallest absolute Gasteiger partial charge is 0.387 e. The predicted molar refractivity (Wildman–Crippen MR) is 78.3 cm³/mol. The van der Waals surface area contributed by atoms with E-state index in [0.717, 1.165) is 23.9 Å². The standard InChI is InChI=1S/C15H16F3N3O2/c1-8(2)12-7-11(20-21(12)3)14(22)19-10-6-9(16)4-5-13(10)23-15(17)18/h4-8,15H,1-3H3,(H,19,22). The normalized spacial score (nSPS) is 11.1. The summed E-state index contributed by atoms with van der Waals surface area (Å²) >= 11 is 0. The van der Waals surface area contributed by atoms with Crippen LogP contribution in [0, 0.1) is 5.82 Å². The number of ether oxygens (including phenoxy) is 1. The van der Waals surface area contributed by atoms with Gasteiger partial charge in [0.15, 0.2) is 5.69 Å². The van der Waals surface area contributed by atoms with Gasteiger partial charge in [0.2, 0.25) is 0 Å². The van der Waals surface area contributed by atoms with E-state index in [1.807, 2.05) is 13.8 Å². The number of halogens is 3. The second-order valence-electron chi connectivity index (χ2n) is 5.21. The summed E-state index contributed by atoms with van der Waals surface area (Å²) < 4.78 is 43.8. The van der Waals surface area contributed by atoms with Crippen LogP contribution in [0.4, 0.5) is 18.9 Å². The third-order valence-electron chi connectivity index (χ3n) is 3.15. The number of aromatic nitrogens is 2. The molecule has 0 unspecified atom stereocenters. The number of carbonyl (C=O) groups is 1. The molecule has 124 valence electrons. The minimum Gasteiger partial charge on any atom is -0.433 e. The van der Waals surface area contributed by atoms with E-state index in [9.17, 15) is 18.0 Å². The van der Waals surface area contributed by atoms with Gasteiger partial charge in [0.1, 0.15) is 11.6 Å². The molecule has 5 nitrogen and oxygen atoms in total. The van der Waals surface area contributed by atoms with Gasteiger partial charge in [-0.3, -0.25) is 9.48 Å². The van der Waals surface area contributed by atoms with Crippen molar-refractivity contribution >= 4 is 11.6 Å². The average Bonchev–Trinajstić information content (AvgIpc) is 2.84. The van der Waals surface area contributed by atoms with Crippen molar-refractivity contribution in [3.8, 4) is 5.75 Å². The highest BCUT2D eigenvalue weighted by atomic mass is 19.3. The van der Waals surface area contributed by atoms with Gasteiger partial charge in [-0.2, -0.15) is 13.9 Å². The first-order chi connectivity index (χ1) is 10.8. The van der Waals surface area contributed by atoms with Gasteiger partial charge >= 0.3 is 6.61 Å².